The number of nitrogens with zero attached hydrogens (tertiary/aromatic N) is 3. The van der Waals surface area contributed by atoms with E-state index in [9.17, 15) is 9.18 Å². The number of carbonyl (C=O) groups excluding carboxylic acids is 1. The molecule has 2 aromatic heterocycles. The second kappa shape index (κ2) is 6.76. The quantitative estimate of drug-likeness (QED) is 0.674. The second-order valence-corrected chi connectivity index (χ2v) is 5.09. The Balaban J connectivity index is 2.20. The summed E-state index contributed by atoms with van der Waals surface area (Å²) >= 11 is 0. The molecule has 6 nitrogen and oxygen atoms in total. The monoisotopic (exact) mass is 329 g/mol. The van der Waals surface area contributed by atoms with E-state index in [1.165, 1.54) is 18.3 Å². The molecule has 0 unspecified atom stereocenters. The zero-order chi connectivity index (χ0) is 17.1. The molecule has 2 heterocycles. The normalized spacial score (nSPS) is 11.0. The molecule has 124 valence electrons. The van der Waals surface area contributed by atoms with Gasteiger partial charge in [-0.3, -0.25) is 0 Å². The predicted octanol–water partition coefficient (Wildman–Crippen LogP) is 2.86. The number of hydrogen-bond donors (Lipinski definition) is 0. The maximum absolute atomic E-state index is 13.2. The van der Waals surface area contributed by atoms with Crippen LogP contribution in [0, 0.1) is 5.82 Å². The third-order valence-electron chi connectivity index (χ3n) is 3.45. The van der Waals surface area contributed by atoms with E-state index in [1.54, 1.807) is 36.7 Å². The lowest BCUT2D eigenvalue weighted by Gasteiger charge is -2.09. The van der Waals surface area contributed by atoms with Gasteiger partial charge in [-0.25, -0.2) is 18.7 Å². The average Bonchev–Trinajstić information content (AvgIpc) is 2.99. The second-order valence-electron chi connectivity index (χ2n) is 5.09. The minimum atomic E-state index is -0.486. The lowest BCUT2D eigenvalue weighted by molar-refractivity contribution is 0.0528. The van der Waals surface area contributed by atoms with Gasteiger partial charge in [0, 0.05) is 12.7 Å². The van der Waals surface area contributed by atoms with Crippen LogP contribution in [0.15, 0.2) is 36.5 Å². The van der Waals surface area contributed by atoms with Crippen molar-refractivity contribution in [2.75, 3.05) is 13.7 Å². The predicted molar refractivity (Wildman–Crippen MR) is 85.1 cm³/mol. The fourth-order valence-corrected chi connectivity index (χ4v) is 2.41. The fraction of sp³-hybridized carbons (Fsp3) is 0.235. The molecule has 0 saturated heterocycles. The maximum Gasteiger partial charge on any atom is 0.343 e. The fourth-order valence-electron chi connectivity index (χ4n) is 2.41. The van der Waals surface area contributed by atoms with Crippen LogP contribution < -0.4 is 0 Å². The number of halogens is 1. The van der Waals surface area contributed by atoms with Crippen molar-refractivity contribution in [3.05, 3.63) is 53.6 Å². The van der Waals surface area contributed by atoms with E-state index in [2.05, 4.69) is 10.1 Å². The highest BCUT2D eigenvalue weighted by Gasteiger charge is 2.18. The molecule has 24 heavy (non-hydrogen) atoms. The van der Waals surface area contributed by atoms with Crippen LogP contribution in [0.5, 0.6) is 0 Å². The zero-order valence-electron chi connectivity index (χ0n) is 13.3. The molecule has 0 aliphatic rings. The van der Waals surface area contributed by atoms with Gasteiger partial charge in [-0.2, -0.15) is 5.10 Å². The van der Waals surface area contributed by atoms with Gasteiger partial charge in [-0.05, 0) is 37.3 Å². The van der Waals surface area contributed by atoms with Gasteiger partial charge in [0.15, 0.2) is 5.65 Å². The lowest BCUT2D eigenvalue weighted by Crippen LogP contribution is -2.07. The zero-order valence-corrected chi connectivity index (χ0v) is 13.3. The van der Waals surface area contributed by atoms with Crippen LogP contribution >= 0.6 is 0 Å². The SMILES string of the molecule is CCOC(=O)c1cnn2c(-c3ccc(F)cc3)cc(COC)nc12. The van der Waals surface area contributed by atoms with Gasteiger partial charge in [-0.15, -0.1) is 0 Å². The van der Waals surface area contributed by atoms with Crippen LogP contribution in [0.2, 0.25) is 0 Å². The first-order valence-electron chi connectivity index (χ1n) is 7.43. The van der Waals surface area contributed by atoms with E-state index in [-0.39, 0.29) is 24.6 Å². The van der Waals surface area contributed by atoms with Gasteiger partial charge in [-0.1, -0.05) is 0 Å². The summed E-state index contributed by atoms with van der Waals surface area (Å²) in [5.41, 5.74) is 2.72. The first-order chi connectivity index (χ1) is 11.6. The number of hydrogen-bond acceptors (Lipinski definition) is 5. The largest absolute Gasteiger partial charge is 0.462 e. The average molecular weight is 329 g/mol. The van der Waals surface area contributed by atoms with Gasteiger partial charge in [0.1, 0.15) is 11.4 Å². The molecule has 3 aromatic rings. The molecule has 3 rings (SSSR count). The Morgan fingerprint density at radius 3 is 2.71 bits per heavy atom. The molecule has 0 fully saturated rings. The maximum atomic E-state index is 13.2. The van der Waals surface area contributed by atoms with E-state index in [4.69, 9.17) is 9.47 Å². The van der Waals surface area contributed by atoms with Gasteiger partial charge in [0.05, 0.1) is 30.8 Å². The molecule has 0 spiro atoms. The number of ether oxygens (including phenoxy) is 2. The summed E-state index contributed by atoms with van der Waals surface area (Å²) in [6.07, 6.45) is 1.42. The first kappa shape index (κ1) is 16.1. The van der Waals surface area contributed by atoms with Gasteiger partial charge in [0.25, 0.3) is 0 Å². The first-order valence-corrected chi connectivity index (χ1v) is 7.43. The highest BCUT2D eigenvalue weighted by molar-refractivity contribution is 5.96. The highest BCUT2D eigenvalue weighted by atomic mass is 19.1. The number of esters is 1. The molecule has 0 amide bonds. The molecule has 0 bridgehead atoms. The number of aromatic nitrogens is 3. The number of carbonyl (C=O) groups is 1. The molecule has 1 aromatic carbocycles. The van der Waals surface area contributed by atoms with Crippen LogP contribution in [0.1, 0.15) is 23.0 Å². The number of benzene rings is 1. The van der Waals surface area contributed by atoms with Gasteiger partial charge >= 0.3 is 5.97 Å². The van der Waals surface area contributed by atoms with Crippen LogP contribution in [0.3, 0.4) is 0 Å². The number of fused-ring (bicyclic) bond motifs is 1. The molecular weight excluding hydrogens is 313 g/mol. The minimum Gasteiger partial charge on any atom is -0.462 e. The minimum absolute atomic E-state index is 0.263. The summed E-state index contributed by atoms with van der Waals surface area (Å²) in [6.45, 7) is 2.27. The van der Waals surface area contributed by atoms with Crippen LogP contribution in [-0.2, 0) is 16.1 Å². The van der Waals surface area contributed by atoms with Crippen LogP contribution in [0.4, 0.5) is 4.39 Å². The van der Waals surface area contributed by atoms with E-state index in [0.29, 0.717) is 17.0 Å². The smallest absolute Gasteiger partial charge is 0.343 e. The van der Waals surface area contributed by atoms with Crippen molar-refractivity contribution >= 4 is 11.6 Å². The summed E-state index contributed by atoms with van der Waals surface area (Å²) < 4.78 is 24.9. The molecule has 0 N–H and O–H groups in total. The topological polar surface area (TPSA) is 65.7 Å². The Kier molecular flexibility index (Phi) is 4.52. The lowest BCUT2D eigenvalue weighted by atomic mass is 10.1. The van der Waals surface area contributed by atoms with E-state index >= 15 is 0 Å². The summed E-state index contributed by atoms with van der Waals surface area (Å²) in [5, 5.41) is 4.24. The van der Waals surface area contributed by atoms with Gasteiger partial charge < -0.3 is 9.47 Å². The van der Waals surface area contributed by atoms with E-state index in [0.717, 1.165) is 5.56 Å². The summed E-state index contributed by atoms with van der Waals surface area (Å²) in [5.74, 6) is -0.812. The van der Waals surface area contributed by atoms with Crippen LogP contribution in [0.25, 0.3) is 16.9 Å². The molecule has 0 radical (unpaired) electrons. The van der Waals surface area contributed by atoms with Crippen LogP contribution in [-0.4, -0.2) is 34.3 Å². The van der Waals surface area contributed by atoms with Gasteiger partial charge in [0.2, 0.25) is 0 Å². The van der Waals surface area contributed by atoms with Crippen molar-refractivity contribution in [2.24, 2.45) is 0 Å². The van der Waals surface area contributed by atoms with Crippen molar-refractivity contribution in [3.8, 4) is 11.3 Å². The summed E-state index contributed by atoms with van der Waals surface area (Å²) in [6, 6.07) is 7.82. The van der Waals surface area contributed by atoms with E-state index < -0.39 is 5.97 Å². The third-order valence-corrected chi connectivity index (χ3v) is 3.45. The Labute approximate surface area is 137 Å². The Hall–Kier alpha value is -2.80. The molecule has 7 heteroatoms. The summed E-state index contributed by atoms with van der Waals surface area (Å²) in [4.78, 5) is 16.5. The highest BCUT2D eigenvalue weighted by Crippen LogP contribution is 2.23. The standard InChI is InChI=1S/C17H16FN3O3/c1-3-24-17(22)14-9-19-21-15(11-4-6-12(18)7-5-11)8-13(10-23-2)20-16(14)21/h4-9H,3,10H2,1-2H3. The third kappa shape index (κ3) is 2.98. The van der Waals surface area contributed by atoms with Crippen molar-refractivity contribution in [1.29, 1.82) is 0 Å². The van der Waals surface area contributed by atoms with Crippen molar-refractivity contribution in [1.82, 2.24) is 14.6 Å². The number of rotatable bonds is 5. The molecular formula is C17H16FN3O3. The Morgan fingerprint density at radius 1 is 1.29 bits per heavy atom. The van der Waals surface area contributed by atoms with Crippen molar-refractivity contribution < 1.29 is 18.7 Å². The Morgan fingerprint density at radius 2 is 2.04 bits per heavy atom. The van der Waals surface area contributed by atoms with E-state index in [1.807, 2.05) is 0 Å². The molecule has 0 aliphatic carbocycles. The van der Waals surface area contributed by atoms with Crippen molar-refractivity contribution in [3.63, 3.8) is 0 Å². The summed E-state index contributed by atoms with van der Waals surface area (Å²) in [7, 11) is 1.56. The Bertz CT molecular complexity index is 875. The van der Waals surface area contributed by atoms with Crippen molar-refractivity contribution in [2.45, 2.75) is 13.5 Å². The molecule has 0 saturated carbocycles. The molecule has 0 aliphatic heterocycles. The molecule has 0 atom stereocenters. The number of methoxy groups -OCH3 is 1.